The Kier molecular flexibility index (Phi) is 7.94. The normalized spacial score (nSPS) is 13.1. The maximum Gasteiger partial charge on any atom is 0.408 e. The summed E-state index contributed by atoms with van der Waals surface area (Å²) in [6.45, 7) is 5.54. The summed E-state index contributed by atoms with van der Waals surface area (Å²) in [5.41, 5.74) is 1.99. The highest BCUT2D eigenvalue weighted by molar-refractivity contribution is 5.91. The van der Waals surface area contributed by atoms with Gasteiger partial charge in [-0.3, -0.25) is 4.79 Å². The van der Waals surface area contributed by atoms with Crippen LogP contribution in [0, 0.1) is 5.41 Å². The van der Waals surface area contributed by atoms with Gasteiger partial charge in [-0.05, 0) is 22.6 Å². The third-order valence-corrected chi connectivity index (χ3v) is 5.50. The van der Waals surface area contributed by atoms with E-state index < -0.39 is 35.5 Å². The van der Waals surface area contributed by atoms with Gasteiger partial charge in [-0.15, -0.1) is 0 Å². The summed E-state index contributed by atoms with van der Waals surface area (Å²) in [6, 6.07) is 15.1. The Balaban J connectivity index is 1.71. The molecule has 3 aromatic rings. The van der Waals surface area contributed by atoms with Gasteiger partial charge in [0.05, 0.1) is 7.11 Å². The number of carbonyl (C=O) groups excluding carboxylic acids is 3. The van der Waals surface area contributed by atoms with Crippen LogP contribution in [0.2, 0.25) is 0 Å². The average Bonchev–Trinajstić information content (AvgIpc) is 3.23. The first-order valence-electron chi connectivity index (χ1n) is 11.1. The molecule has 3 rings (SSSR count). The highest BCUT2D eigenvalue weighted by Gasteiger charge is 2.36. The molecule has 0 fully saturated rings. The SMILES string of the molecule is COC(=O)C(Cc1c[nH]c2ccccc12)NC(=O)[C@@H](NC(=O)OCc1ccccc1)C(C)(C)C. The highest BCUT2D eigenvalue weighted by Crippen LogP contribution is 2.22. The summed E-state index contributed by atoms with van der Waals surface area (Å²) in [7, 11) is 1.27. The molecule has 180 valence electrons. The van der Waals surface area contributed by atoms with Crippen molar-refractivity contribution in [3.63, 3.8) is 0 Å². The van der Waals surface area contributed by atoms with E-state index in [1.54, 1.807) is 0 Å². The van der Waals surface area contributed by atoms with Crippen molar-refractivity contribution in [2.24, 2.45) is 5.41 Å². The van der Waals surface area contributed by atoms with Crippen LogP contribution < -0.4 is 10.6 Å². The van der Waals surface area contributed by atoms with Crippen LogP contribution in [0.1, 0.15) is 31.9 Å². The fourth-order valence-corrected chi connectivity index (χ4v) is 3.67. The minimum absolute atomic E-state index is 0.0799. The molecule has 3 N–H and O–H groups in total. The summed E-state index contributed by atoms with van der Waals surface area (Å²) >= 11 is 0. The van der Waals surface area contributed by atoms with Gasteiger partial charge in [-0.1, -0.05) is 69.3 Å². The number of ether oxygens (including phenoxy) is 2. The Morgan fingerprint density at radius 2 is 1.65 bits per heavy atom. The Morgan fingerprint density at radius 3 is 2.32 bits per heavy atom. The van der Waals surface area contributed by atoms with Crippen LogP contribution in [0.15, 0.2) is 60.8 Å². The summed E-state index contributed by atoms with van der Waals surface area (Å²) in [5, 5.41) is 6.36. The summed E-state index contributed by atoms with van der Waals surface area (Å²) in [4.78, 5) is 41.3. The van der Waals surface area contributed by atoms with Gasteiger partial charge in [0.25, 0.3) is 0 Å². The topological polar surface area (TPSA) is 110 Å². The van der Waals surface area contributed by atoms with Crippen molar-refractivity contribution in [3.8, 4) is 0 Å². The third-order valence-electron chi connectivity index (χ3n) is 5.50. The number of carbonyl (C=O) groups is 3. The Hall–Kier alpha value is -3.81. The summed E-state index contributed by atoms with van der Waals surface area (Å²) in [5.74, 6) is -1.07. The van der Waals surface area contributed by atoms with Crippen molar-refractivity contribution in [1.29, 1.82) is 0 Å². The molecule has 2 atom stereocenters. The first-order chi connectivity index (χ1) is 16.2. The molecular weight excluding hydrogens is 434 g/mol. The molecule has 1 unspecified atom stereocenters. The Labute approximate surface area is 199 Å². The number of alkyl carbamates (subject to hydrolysis) is 1. The molecule has 0 spiro atoms. The predicted molar refractivity (Wildman–Crippen MR) is 129 cm³/mol. The number of hydrogen-bond acceptors (Lipinski definition) is 5. The molecule has 0 saturated heterocycles. The number of para-hydroxylation sites is 1. The van der Waals surface area contributed by atoms with E-state index in [0.717, 1.165) is 22.0 Å². The largest absolute Gasteiger partial charge is 0.467 e. The van der Waals surface area contributed by atoms with Crippen LogP contribution in [0.25, 0.3) is 10.9 Å². The molecule has 0 bridgehead atoms. The van der Waals surface area contributed by atoms with Gasteiger partial charge in [-0.2, -0.15) is 0 Å². The fourth-order valence-electron chi connectivity index (χ4n) is 3.67. The van der Waals surface area contributed by atoms with Crippen molar-refractivity contribution in [1.82, 2.24) is 15.6 Å². The van der Waals surface area contributed by atoms with Crippen LogP contribution in [0.3, 0.4) is 0 Å². The summed E-state index contributed by atoms with van der Waals surface area (Å²) < 4.78 is 10.2. The van der Waals surface area contributed by atoms with E-state index in [1.807, 2.05) is 81.6 Å². The zero-order valence-electron chi connectivity index (χ0n) is 19.9. The number of fused-ring (bicyclic) bond motifs is 1. The Morgan fingerprint density at radius 1 is 0.971 bits per heavy atom. The minimum Gasteiger partial charge on any atom is -0.467 e. The molecular formula is C26H31N3O5. The maximum atomic E-state index is 13.2. The molecule has 1 heterocycles. The zero-order chi connectivity index (χ0) is 24.7. The monoisotopic (exact) mass is 465 g/mol. The van der Waals surface area contributed by atoms with E-state index >= 15 is 0 Å². The van der Waals surface area contributed by atoms with Crippen LogP contribution in [0.4, 0.5) is 4.79 Å². The lowest BCUT2D eigenvalue weighted by molar-refractivity contribution is -0.145. The van der Waals surface area contributed by atoms with Crippen LogP contribution in [0.5, 0.6) is 0 Å². The number of aromatic amines is 1. The predicted octanol–water partition coefficient (Wildman–Crippen LogP) is 3.71. The van der Waals surface area contributed by atoms with Gasteiger partial charge in [0.1, 0.15) is 18.7 Å². The maximum absolute atomic E-state index is 13.2. The van der Waals surface area contributed by atoms with Crippen molar-refractivity contribution in [2.75, 3.05) is 7.11 Å². The van der Waals surface area contributed by atoms with Gasteiger partial charge in [-0.25, -0.2) is 9.59 Å². The number of nitrogens with one attached hydrogen (secondary N) is 3. The number of H-pyrrole nitrogens is 1. The first-order valence-corrected chi connectivity index (χ1v) is 11.1. The van der Waals surface area contributed by atoms with E-state index in [1.165, 1.54) is 7.11 Å². The molecule has 2 amide bonds. The molecule has 0 radical (unpaired) electrons. The van der Waals surface area contributed by atoms with E-state index in [9.17, 15) is 14.4 Å². The first kappa shape index (κ1) is 24.8. The van der Waals surface area contributed by atoms with Crippen molar-refractivity contribution in [2.45, 2.75) is 45.9 Å². The lowest BCUT2D eigenvalue weighted by Crippen LogP contribution is -2.57. The number of rotatable bonds is 8. The quantitative estimate of drug-likeness (QED) is 0.440. The molecule has 0 aliphatic rings. The Bertz CT molecular complexity index is 1130. The molecule has 0 aliphatic heterocycles. The lowest BCUT2D eigenvalue weighted by Gasteiger charge is -2.31. The molecule has 8 heteroatoms. The number of esters is 1. The lowest BCUT2D eigenvalue weighted by atomic mass is 9.86. The van der Waals surface area contributed by atoms with Crippen molar-refractivity contribution in [3.05, 3.63) is 71.9 Å². The highest BCUT2D eigenvalue weighted by atomic mass is 16.5. The number of methoxy groups -OCH3 is 1. The van der Waals surface area contributed by atoms with Crippen LogP contribution in [-0.2, 0) is 32.1 Å². The van der Waals surface area contributed by atoms with Crippen LogP contribution in [-0.4, -0.2) is 42.1 Å². The van der Waals surface area contributed by atoms with Gasteiger partial charge < -0.3 is 25.1 Å². The van der Waals surface area contributed by atoms with E-state index in [4.69, 9.17) is 9.47 Å². The van der Waals surface area contributed by atoms with Crippen molar-refractivity contribution >= 4 is 28.9 Å². The molecule has 0 aliphatic carbocycles. The third kappa shape index (κ3) is 6.37. The second-order valence-corrected chi connectivity index (χ2v) is 9.15. The number of aromatic nitrogens is 1. The van der Waals surface area contributed by atoms with Crippen LogP contribution >= 0.6 is 0 Å². The van der Waals surface area contributed by atoms with E-state index in [0.29, 0.717) is 0 Å². The second-order valence-electron chi connectivity index (χ2n) is 9.15. The minimum atomic E-state index is -0.939. The smallest absolute Gasteiger partial charge is 0.408 e. The molecule has 8 nitrogen and oxygen atoms in total. The zero-order valence-corrected chi connectivity index (χ0v) is 19.9. The van der Waals surface area contributed by atoms with Crippen molar-refractivity contribution < 1.29 is 23.9 Å². The average molecular weight is 466 g/mol. The molecule has 0 saturated carbocycles. The second kappa shape index (κ2) is 10.9. The molecule has 1 aromatic heterocycles. The fraction of sp³-hybridized carbons (Fsp3) is 0.346. The van der Waals surface area contributed by atoms with Gasteiger partial charge in [0.2, 0.25) is 5.91 Å². The standard InChI is InChI=1S/C26H31N3O5/c1-26(2,3)22(29-25(32)34-16-17-10-6-5-7-11-17)23(30)28-21(24(31)33-4)14-18-15-27-20-13-9-8-12-19(18)20/h5-13,15,21-22,27H,14,16H2,1-4H3,(H,28,30)(H,29,32)/t21?,22-/m1/s1. The molecule has 2 aromatic carbocycles. The summed E-state index contributed by atoms with van der Waals surface area (Å²) in [6.07, 6.45) is 1.33. The number of amides is 2. The van der Waals surface area contributed by atoms with E-state index in [-0.39, 0.29) is 13.0 Å². The number of hydrogen-bond donors (Lipinski definition) is 3. The number of benzene rings is 2. The van der Waals surface area contributed by atoms with Gasteiger partial charge >= 0.3 is 12.1 Å². The molecule has 34 heavy (non-hydrogen) atoms. The van der Waals surface area contributed by atoms with Gasteiger partial charge in [0.15, 0.2) is 0 Å². The van der Waals surface area contributed by atoms with E-state index in [2.05, 4.69) is 15.6 Å². The van der Waals surface area contributed by atoms with Gasteiger partial charge in [0, 0.05) is 23.5 Å².